The Morgan fingerprint density at radius 2 is 1.79 bits per heavy atom. The van der Waals surface area contributed by atoms with Crippen molar-refractivity contribution in [2.24, 2.45) is 0 Å². The van der Waals surface area contributed by atoms with Gasteiger partial charge in [0, 0.05) is 5.56 Å². The van der Waals surface area contributed by atoms with Crippen molar-refractivity contribution >= 4 is 5.78 Å². The van der Waals surface area contributed by atoms with E-state index in [0.717, 1.165) is 11.1 Å². The Kier molecular flexibility index (Phi) is 2.79. The molecule has 14 heavy (non-hydrogen) atoms. The van der Waals surface area contributed by atoms with Crippen LogP contribution in [0.25, 0.3) is 0 Å². The fourth-order valence-electron chi connectivity index (χ4n) is 1.53. The van der Waals surface area contributed by atoms with Crippen molar-refractivity contribution in [1.29, 1.82) is 0 Å². The highest BCUT2D eigenvalue weighted by Crippen LogP contribution is 2.24. The maximum absolute atomic E-state index is 11.2. The number of carbonyl (C=O) groups excluding carboxylic acids is 1. The number of carbonyl (C=O) groups is 1. The molecule has 1 heteroatoms. The lowest BCUT2D eigenvalue weighted by atomic mass is 9.85. The molecule has 0 fully saturated rings. The maximum Gasteiger partial charge on any atom is 0.160 e. The van der Waals surface area contributed by atoms with Gasteiger partial charge in [-0.2, -0.15) is 0 Å². The predicted octanol–water partition coefficient (Wildman–Crippen LogP) is 3.50. The molecule has 0 amide bonds. The van der Waals surface area contributed by atoms with Crippen molar-refractivity contribution < 1.29 is 4.79 Å². The Balaban J connectivity index is 3.20. The van der Waals surface area contributed by atoms with Gasteiger partial charge in [-0.1, -0.05) is 39.0 Å². The van der Waals surface area contributed by atoms with Crippen LogP contribution in [0.5, 0.6) is 0 Å². The lowest BCUT2D eigenvalue weighted by molar-refractivity contribution is 0.101. The van der Waals surface area contributed by atoms with E-state index < -0.39 is 0 Å². The number of ketones is 1. The van der Waals surface area contributed by atoms with Gasteiger partial charge >= 0.3 is 0 Å². The molecule has 0 saturated carbocycles. The average Bonchev–Trinajstić information content (AvgIpc) is 2.01. The van der Waals surface area contributed by atoms with Crippen LogP contribution in [0.1, 0.15) is 49.2 Å². The smallest absolute Gasteiger partial charge is 0.160 e. The lowest BCUT2D eigenvalue weighted by Crippen LogP contribution is -2.12. The molecule has 0 bridgehead atoms. The minimum atomic E-state index is 0.142. The first-order valence-electron chi connectivity index (χ1n) is 4.94. The van der Waals surface area contributed by atoms with Crippen LogP contribution in [0, 0.1) is 6.92 Å². The van der Waals surface area contributed by atoms with E-state index in [1.807, 2.05) is 19.1 Å². The van der Waals surface area contributed by atoms with Gasteiger partial charge < -0.3 is 0 Å². The van der Waals surface area contributed by atoms with Gasteiger partial charge in [0.2, 0.25) is 0 Å². The van der Waals surface area contributed by atoms with Crippen molar-refractivity contribution in [3.63, 3.8) is 0 Å². The average molecular weight is 190 g/mol. The Labute approximate surface area is 86.1 Å². The van der Waals surface area contributed by atoms with Crippen LogP contribution in [0.4, 0.5) is 0 Å². The van der Waals surface area contributed by atoms with E-state index in [2.05, 4.69) is 26.8 Å². The second-order valence-electron chi connectivity index (χ2n) is 4.84. The van der Waals surface area contributed by atoms with E-state index in [0.29, 0.717) is 0 Å². The first-order chi connectivity index (χ1) is 6.32. The van der Waals surface area contributed by atoms with Gasteiger partial charge in [-0.05, 0) is 30.4 Å². The van der Waals surface area contributed by atoms with Crippen LogP contribution in [0.15, 0.2) is 18.2 Å². The number of aryl methyl sites for hydroxylation is 1. The largest absolute Gasteiger partial charge is 0.295 e. The summed E-state index contributed by atoms with van der Waals surface area (Å²) >= 11 is 0. The van der Waals surface area contributed by atoms with Gasteiger partial charge in [0.1, 0.15) is 0 Å². The topological polar surface area (TPSA) is 17.1 Å². The molecule has 0 aliphatic rings. The minimum absolute atomic E-state index is 0.142. The minimum Gasteiger partial charge on any atom is -0.295 e. The zero-order valence-electron chi connectivity index (χ0n) is 9.64. The second kappa shape index (κ2) is 3.56. The molecule has 0 unspecified atom stereocenters. The summed E-state index contributed by atoms with van der Waals surface area (Å²) in [5.41, 5.74) is 3.34. The maximum atomic E-state index is 11.2. The van der Waals surface area contributed by atoms with Crippen molar-refractivity contribution in [2.75, 3.05) is 0 Å². The van der Waals surface area contributed by atoms with Gasteiger partial charge in [0.25, 0.3) is 0 Å². The van der Waals surface area contributed by atoms with E-state index in [1.165, 1.54) is 5.56 Å². The van der Waals surface area contributed by atoms with Crippen molar-refractivity contribution in [2.45, 2.75) is 40.0 Å². The number of hydrogen-bond acceptors (Lipinski definition) is 1. The lowest BCUT2D eigenvalue weighted by Gasteiger charge is -2.20. The fraction of sp³-hybridized carbons (Fsp3) is 0.462. The highest BCUT2D eigenvalue weighted by Gasteiger charge is 2.15. The Bertz CT molecular complexity index is 356. The Morgan fingerprint density at radius 1 is 1.21 bits per heavy atom. The SMILES string of the molecule is CC(=O)c1ccc(C(C)(C)C)cc1C. The molecule has 0 atom stereocenters. The molecule has 0 heterocycles. The van der Waals surface area contributed by atoms with E-state index in [4.69, 9.17) is 0 Å². The molecule has 0 saturated heterocycles. The number of rotatable bonds is 1. The molecule has 0 N–H and O–H groups in total. The summed E-state index contributed by atoms with van der Waals surface area (Å²) in [6, 6.07) is 6.08. The monoisotopic (exact) mass is 190 g/mol. The normalized spacial score (nSPS) is 11.5. The molecule has 0 aliphatic heterocycles. The third-order valence-electron chi connectivity index (χ3n) is 2.47. The molecular formula is C13H18O. The Hall–Kier alpha value is -1.11. The standard InChI is InChI=1S/C13H18O/c1-9-8-11(13(3,4)5)6-7-12(9)10(2)14/h6-8H,1-5H3. The molecule has 1 aromatic rings. The number of Topliss-reactive ketones (excluding diaryl/α,β-unsaturated/α-hetero) is 1. The molecular weight excluding hydrogens is 172 g/mol. The molecule has 0 spiro atoms. The van der Waals surface area contributed by atoms with Crippen molar-refractivity contribution in [3.8, 4) is 0 Å². The first kappa shape index (κ1) is 11.0. The first-order valence-corrected chi connectivity index (χ1v) is 4.94. The fourth-order valence-corrected chi connectivity index (χ4v) is 1.53. The summed E-state index contributed by atoms with van der Waals surface area (Å²) in [7, 11) is 0. The summed E-state index contributed by atoms with van der Waals surface area (Å²) in [6.07, 6.45) is 0. The van der Waals surface area contributed by atoms with Crippen LogP contribution >= 0.6 is 0 Å². The van der Waals surface area contributed by atoms with E-state index in [9.17, 15) is 4.79 Å². The molecule has 1 rings (SSSR count). The molecule has 1 nitrogen and oxygen atoms in total. The highest BCUT2D eigenvalue weighted by atomic mass is 16.1. The third kappa shape index (κ3) is 2.22. The van der Waals surface area contributed by atoms with Crippen LogP contribution in [0.3, 0.4) is 0 Å². The van der Waals surface area contributed by atoms with Crippen LogP contribution in [0.2, 0.25) is 0 Å². The highest BCUT2D eigenvalue weighted by molar-refractivity contribution is 5.95. The zero-order valence-corrected chi connectivity index (χ0v) is 9.64. The van der Waals surface area contributed by atoms with Gasteiger partial charge in [-0.15, -0.1) is 0 Å². The number of hydrogen-bond donors (Lipinski definition) is 0. The molecule has 0 aromatic heterocycles. The summed E-state index contributed by atoms with van der Waals surface area (Å²) in [6.45, 7) is 10.1. The van der Waals surface area contributed by atoms with Crippen LogP contribution < -0.4 is 0 Å². The molecule has 0 radical (unpaired) electrons. The summed E-state index contributed by atoms with van der Waals surface area (Å²) in [5.74, 6) is 0.142. The Morgan fingerprint density at radius 3 is 2.14 bits per heavy atom. The summed E-state index contributed by atoms with van der Waals surface area (Å²) in [5, 5.41) is 0. The summed E-state index contributed by atoms with van der Waals surface area (Å²) < 4.78 is 0. The van der Waals surface area contributed by atoms with E-state index in [1.54, 1.807) is 6.92 Å². The van der Waals surface area contributed by atoms with Crippen LogP contribution in [-0.4, -0.2) is 5.78 Å². The van der Waals surface area contributed by atoms with Gasteiger partial charge in [0.05, 0.1) is 0 Å². The van der Waals surface area contributed by atoms with Crippen molar-refractivity contribution in [3.05, 3.63) is 34.9 Å². The molecule has 1 aromatic carbocycles. The zero-order chi connectivity index (χ0) is 10.9. The third-order valence-corrected chi connectivity index (χ3v) is 2.47. The quantitative estimate of drug-likeness (QED) is 0.619. The van der Waals surface area contributed by atoms with E-state index in [-0.39, 0.29) is 11.2 Å². The summed E-state index contributed by atoms with van der Waals surface area (Å²) in [4.78, 5) is 11.2. The molecule has 76 valence electrons. The van der Waals surface area contributed by atoms with Gasteiger partial charge in [-0.3, -0.25) is 4.79 Å². The number of benzene rings is 1. The van der Waals surface area contributed by atoms with Gasteiger partial charge in [0.15, 0.2) is 5.78 Å². The second-order valence-corrected chi connectivity index (χ2v) is 4.84. The molecule has 0 aliphatic carbocycles. The van der Waals surface area contributed by atoms with E-state index >= 15 is 0 Å². The van der Waals surface area contributed by atoms with Crippen LogP contribution in [-0.2, 0) is 5.41 Å². The van der Waals surface area contributed by atoms with Crippen molar-refractivity contribution in [1.82, 2.24) is 0 Å². The predicted molar refractivity (Wildman–Crippen MR) is 59.9 cm³/mol. The van der Waals surface area contributed by atoms with Gasteiger partial charge in [-0.25, -0.2) is 0 Å².